The number of nitrogen functional groups attached to an aromatic ring is 1. The van der Waals surface area contributed by atoms with Crippen molar-refractivity contribution in [2.45, 2.75) is 0 Å². The van der Waals surface area contributed by atoms with Crippen LogP contribution in [0, 0.1) is 5.82 Å². The average Bonchev–Trinajstić information content (AvgIpc) is 2.86. The van der Waals surface area contributed by atoms with Crippen LogP contribution in [0.3, 0.4) is 0 Å². The Morgan fingerprint density at radius 3 is 2.89 bits per heavy atom. The number of fused-ring (bicyclic) bond motifs is 1. The molecule has 0 saturated carbocycles. The molecule has 0 bridgehead atoms. The number of aromatic nitrogens is 1. The third-order valence-corrected chi connectivity index (χ3v) is 3.84. The van der Waals surface area contributed by atoms with E-state index in [1.807, 2.05) is 12.1 Å². The minimum atomic E-state index is -0.472. The number of hydrogen-bond acceptors (Lipinski definition) is 4. The van der Waals surface area contributed by atoms with Crippen LogP contribution in [0.15, 0.2) is 35.8 Å². The molecular formula is C13H9ClFN3S. The Labute approximate surface area is 117 Å². The van der Waals surface area contributed by atoms with E-state index in [2.05, 4.69) is 10.3 Å². The van der Waals surface area contributed by atoms with Crippen molar-refractivity contribution in [3.63, 3.8) is 0 Å². The maximum atomic E-state index is 13.4. The summed E-state index contributed by atoms with van der Waals surface area (Å²) in [5.41, 5.74) is 10.4. The minimum Gasteiger partial charge on any atom is -0.395 e. The zero-order valence-electron chi connectivity index (χ0n) is 9.65. The molecule has 19 heavy (non-hydrogen) atoms. The topological polar surface area (TPSA) is 50.9 Å². The van der Waals surface area contributed by atoms with Crippen LogP contribution < -0.4 is 11.1 Å². The lowest BCUT2D eigenvalue weighted by Gasteiger charge is -2.10. The lowest BCUT2D eigenvalue weighted by atomic mass is 10.2. The molecule has 3 N–H and O–H groups in total. The molecule has 0 saturated heterocycles. The van der Waals surface area contributed by atoms with Gasteiger partial charge in [-0.1, -0.05) is 11.6 Å². The monoisotopic (exact) mass is 293 g/mol. The highest BCUT2D eigenvalue weighted by molar-refractivity contribution is 7.16. The van der Waals surface area contributed by atoms with Crippen molar-refractivity contribution in [1.82, 2.24) is 4.98 Å². The number of halogens is 2. The van der Waals surface area contributed by atoms with Gasteiger partial charge in [0.25, 0.3) is 0 Å². The zero-order valence-corrected chi connectivity index (χ0v) is 11.2. The van der Waals surface area contributed by atoms with E-state index in [0.717, 1.165) is 10.2 Å². The number of anilines is 3. The van der Waals surface area contributed by atoms with Crippen molar-refractivity contribution in [2.75, 3.05) is 11.1 Å². The Hall–Kier alpha value is -1.85. The first-order valence-electron chi connectivity index (χ1n) is 5.49. The van der Waals surface area contributed by atoms with Crippen LogP contribution in [0.2, 0.25) is 5.02 Å². The molecule has 96 valence electrons. The standard InChI is InChI=1S/C13H9ClFN3S/c14-8-2-1-7(5-9(8)15)18-10-3-4-11-13(12(10)16)17-6-19-11/h1-6,18H,16H2. The maximum absolute atomic E-state index is 13.4. The molecule has 0 aliphatic rings. The van der Waals surface area contributed by atoms with Gasteiger partial charge in [-0.3, -0.25) is 0 Å². The third kappa shape index (κ3) is 2.22. The Morgan fingerprint density at radius 2 is 2.11 bits per heavy atom. The normalized spacial score (nSPS) is 10.8. The average molecular weight is 294 g/mol. The molecule has 0 radical (unpaired) electrons. The largest absolute Gasteiger partial charge is 0.395 e. The summed E-state index contributed by atoms with van der Waals surface area (Å²) in [6, 6.07) is 8.29. The molecule has 0 atom stereocenters. The van der Waals surface area contributed by atoms with Crippen LogP contribution in [0.4, 0.5) is 21.5 Å². The van der Waals surface area contributed by atoms with Gasteiger partial charge in [-0.15, -0.1) is 11.3 Å². The summed E-state index contributed by atoms with van der Waals surface area (Å²) in [7, 11) is 0. The van der Waals surface area contributed by atoms with Gasteiger partial charge in [-0.05, 0) is 30.3 Å². The number of nitrogens with one attached hydrogen (secondary N) is 1. The smallest absolute Gasteiger partial charge is 0.143 e. The quantitative estimate of drug-likeness (QED) is 0.688. The van der Waals surface area contributed by atoms with Crippen molar-refractivity contribution < 1.29 is 4.39 Å². The first kappa shape index (κ1) is 12.2. The molecule has 3 rings (SSSR count). The van der Waals surface area contributed by atoms with Gasteiger partial charge in [0, 0.05) is 5.69 Å². The fourth-order valence-corrected chi connectivity index (χ4v) is 2.60. The number of rotatable bonds is 2. The molecule has 0 aliphatic heterocycles. The van der Waals surface area contributed by atoms with Crippen LogP contribution in [-0.4, -0.2) is 4.98 Å². The molecule has 1 heterocycles. The van der Waals surface area contributed by atoms with Gasteiger partial charge < -0.3 is 11.1 Å². The van der Waals surface area contributed by atoms with E-state index in [4.69, 9.17) is 17.3 Å². The second kappa shape index (κ2) is 4.68. The fraction of sp³-hybridized carbons (Fsp3) is 0. The molecule has 1 aromatic heterocycles. The van der Waals surface area contributed by atoms with Gasteiger partial charge >= 0.3 is 0 Å². The SMILES string of the molecule is Nc1c(Nc2ccc(Cl)c(F)c2)ccc2scnc12. The first-order valence-corrected chi connectivity index (χ1v) is 6.74. The second-order valence-corrected chi connectivity index (χ2v) is 5.27. The summed E-state index contributed by atoms with van der Waals surface area (Å²) in [6.07, 6.45) is 0. The van der Waals surface area contributed by atoms with Gasteiger partial charge in [0.15, 0.2) is 0 Å². The molecule has 0 unspecified atom stereocenters. The van der Waals surface area contributed by atoms with Crippen LogP contribution in [0.1, 0.15) is 0 Å². The lowest BCUT2D eigenvalue weighted by molar-refractivity contribution is 0.629. The molecule has 0 spiro atoms. The maximum Gasteiger partial charge on any atom is 0.143 e. The van der Waals surface area contributed by atoms with Crippen LogP contribution in [0.25, 0.3) is 10.2 Å². The highest BCUT2D eigenvalue weighted by atomic mass is 35.5. The number of benzene rings is 2. The van der Waals surface area contributed by atoms with Crippen molar-refractivity contribution in [3.8, 4) is 0 Å². The molecule has 2 aromatic carbocycles. The van der Waals surface area contributed by atoms with Crippen LogP contribution in [0.5, 0.6) is 0 Å². The summed E-state index contributed by atoms with van der Waals surface area (Å²) >= 11 is 7.17. The van der Waals surface area contributed by atoms with Crippen molar-refractivity contribution >= 4 is 50.2 Å². The fourth-order valence-electron chi connectivity index (χ4n) is 1.79. The van der Waals surface area contributed by atoms with Crippen molar-refractivity contribution in [1.29, 1.82) is 0 Å². The summed E-state index contributed by atoms with van der Waals surface area (Å²) in [5, 5.41) is 3.15. The molecule has 0 fully saturated rings. The van der Waals surface area contributed by atoms with Gasteiger partial charge in [-0.2, -0.15) is 0 Å². The lowest BCUT2D eigenvalue weighted by Crippen LogP contribution is -1.97. The summed E-state index contributed by atoms with van der Waals surface area (Å²) in [6.45, 7) is 0. The highest BCUT2D eigenvalue weighted by Gasteiger charge is 2.08. The Morgan fingerprint density at radius 1 is 1.26 bits per heavy atom. The molecule has 6 heteroatoms. The molecule has 0 amide bonds. The van der Waals surface area contributed by atoms with Crippen molar-refractivity contribution in [2.24, 2.45) is 0 Å². The van der Waals surface area contributed by atoms with Gasteiger partial charge in [0.1, 0.15) is 11.3 Å². The predicted molar refractivity (Wildman–Crippen MR) is 78.7 cm³/mol. The van der Waals surface area contributed by atoms with E-state index < -0.39 is 5.82 Å². The van der Waals surface area contributed by atoms with Gasteiger partial charge in [0.05, 0.1) is 26.6 Å². The van der Waals surface area contributed by atoms with Gasteiger partial charge in [-0.25, -0.2) is 9.37 Å². The molecule has 3 aromatic rings. The molecular weight excluding hydrogens is 285 g/mol. The Bertz CT molecular complexity index is 757. The number of nitrogens with zero attached hydrogens (tertiary/aromatic N) is 1. The third-order valence-electron chi connectivity index (χ3n) is 2.74. The highest BCUT2D eigenvalue weighted by Crippen LogP contribution is 2.32. The molecule has 3 nitrogen and oxygen atoms in total. The van der Waals surface area contributed by atoms with E-state index in [0.29, 0.717) is 17.1 Å². The van der Waals surface area contributed by atoms with E-state index in [1.54, 1.807) is 11.6 Å². The van der Waals surface area contributed by atoms with E-state index in [1.165, 1.54) is 23.5 Å². The second-order valence-electron chi connectivity index (χ2n) is 3.98. The van der Waals surface area contributed by atoms with Gasteiger partial charge in [0.2, 0.25) is 0 Å². The summed E-state index contributed by atoms with van der Waals surface area (Å²) in [5.74, 6) is -0.472. The summed E-state index contributed by atoms with van der Waals surface area (Å²) < 4.78 is 14.4. The Balaban J connectivity index is 2.00. The number of hydrogen-bond donors (Lipinski definition) is 2. The van der Waals surface area contributed by atoms with Crippen LogP contribution >= 0.6 is 22.9 Å². The predicted octanol–water partition coefficient (Wildman–Crippen LogP) is 4.41. The molecule has 0 aliphatic carbocycles. The zero-order chi connectivity index (χ0) is 13.4. The van der Waals surface area contributed by atoms with Crippen molar-refractivity contribution in [3.05, 3.63) is 46.7 Å². The minimum absolute atomic E-state index is 0.0912. The van der Waals surface area contributed by atoms with E-state index in [-0.39, 0.29) is 5.02 Å². The number of nitrogens with two attached hydrogens (primary N) is 1. The summed E-state index contributed by atoms with van der Waals surface area (Å²) in [4.78, 5) is 4.21. The Kier molecular flexibility index (Phi) is 3.00. The van der Waals surface area contributed by atoms with Crippen LogP contribution in [-0.2, 0) is 0 Å². The number of thiazole rings is 1. The van der Waals surface area contributed by atoms with E-state index in [9.17, 15) is 4.39 Å². The first-order chi connectivity index (χ1) is 9.15. The van der Waals surface area contributed by atoms with E-state index >= 15 is 0 Å².